The van der Waals surface area contributed by atoms with Gasteiger partial charge in [-0.2, -0.15) is 0 Å². The minimum Gasteiger partial charge on any atom is -0.485 e. The van der Waals surface area contributed by atoms with Crippen molar-refractivity contribution in [3.05, 3.63) is 64.5 Å². The third kappa shape index (κ3) is 4.98. The molecule has 3 aromatic rings. The third-order valence-electron chi connectivity index (χ3n) is 4.89. The fraction of sp³-hybridized carbons (Fsp3) is 0.318. The number of para-hydroxylation sites is 1. The van der Waals surface area contributed by atoms with E-state index >= 15 is 0 Å². The Labute approximate surface area is 175 Å². The Bertz CT molecular complexity index is 1010. The number of carbonyl (C=O) groups excluding carboxylic acids is 1. The Morgan fingerprint density at radius 1 is 1.03 bits per heavy atom. The molecule has 0 saturated heterocycles. The van der Waals surface area contributed by atoms with Gasteiger partial charge in [0.15, 0.2) is 11.0 Å². The maximum Gasteiger partial charge on any atom is 0.234 e. The highest BCUT2D eigenvalue weighted by atomic mass is 32.2. The van der Waals surface area contributed by atoms with Crippen LogP contribution in [0.25, 0.3) is 0 Å². The number of nitrogens with one attached hydrogen (secondary N) is 1. The van der Waals surface area contributed by atoms with Crippen LogP contribution >= 0.6 is 11.8 Å². The van der Waals surface area contributed by atoms with Crippen LogP contribution in [0.4, 0.5) is 5.69 Å². The van der Waals surface area contributed by atoms with Gasteiger partial charge in [0.05, 0.1) is 5.75 Å². The van der Waals surface area contributed by atoms with Gasteiger partial charge in [-0.05, 0) is 56.0 Å². The number of nitrogens with zero attached hydrogens (tertiary/aromatic N) is 3. The fourth-order valence-electron chi connectivity index (χ4n) is 2.96. The summed E-state index contributed by atoms with van der Waals surface area (Å²) in [6, 6.07) is 11.9. The molecule has 1 aromatic heterocycles. The predicted octanol–water partition coefficient (Wildman–Crippen LogP) is 4.36. The Kier molecular flexibility index (Phi) is 6.59. The summed E-state index contributed by atoms with van der Waals surface area (Å²) in [6.45, 7) is 8.40. The lowest BCUT2D eigenvalue weighted by molar-refractivity contribution is -0.113. The van der Waals surface area contributed by atoms with Gasteiger partial charge in [0.1, 0.15) is 12.4 Å². The summed E-state index contributed by atoms with van der Waals surface area (Å²) in [5, 5.41) is 12.1. The molecule has 1 amide bonds. The van der Waals surface area contributed by atoms with E-state index in [1.54, 1.807) is 0 Å². The van der Waals surface area contributed by atoms with Crippen molar-refractivity contribution in [1.29, 1.82) is 0 Å². The molecular weight excluding hydrogens is 384 g/mol. The molecule has 1 N–H and O–H groups in total. The van der Waals surface area contributed by atoms with E-state index in [9.17, 15) is 4.79 Å². The van der Waals surface area contributed by atoms with Gasteiger partial charge in [0, 0.05) is 12.7 Å². The highest BCUT2D eigenvalue weighted by molar-refractivity contribution is 7.99. The molecule has 29 heavy (non-hydrogen) atoms. The number of carbonyl (C=O) groups is 1. The van der Waals surface area contributed by atoms with Crippen molar-refractivity contribution in [3.63, 3.8) is 0 Å². The molecule has 0 saturated carbocycles. The van der Waals surface area contributed by atoms with Crippen LogP contribution in [0.3, 0.4) is 0 Å². The zero-order valence-corrected chi connectivity index (χ0v) is 18.3. The lowest BCUT2D eigenvalue weighted by Crippen LogP contribution is -2.15. The molecule has 0 aliphatic heterocycles. The minimum atomic E-state index is -0.0694. The zero-order valence-electron chi connectivity index (χ0n) is 17.4. The summed E-state index contributed by atoms with van der Waals surface area (Å²) in [6.07, 6.45) is 0. The molecule has 0 unspecified atom stereocenters. The molecule has 0 aliphatic carbocycles. The van der Waals surface area contributed by atoms with Gasteiger partial charge in [-0.3, -0.25) is 4.79 Å². The highest BCUT2D eigenvalue weighted by Gasteiger charge is 2.14. The fourth-order valence-corrected chi connectivity index (χ4v) is 3.69. The Morgan fingerprint density at radius 2 is 1.69 bits per heavy atom. The quantitative estimate of drug-likeness (QED) is 0.586. The maximum atomic E-state index is 12.3. The average molecular weight is 411 g/mol. The number of hydrogen-bond acceptors (Lipinski definition) is 5. The molecule has 3 rings (SSSR count). The summed E-state index contributed by atoms with van der Waals surface area (Å²) < 4.78 is 7.83. The van der Waals surface area contributed by atoms with Crippen molar-refractivity contribution in [3.8, 4) is 5.75 Å². The molecule has 0 fully saturated rings. The molecule has 6 nitrogen and oxygen atoms in total. The summed E-state index contributed by atoms with van der Waals surface area (Å²) in [4.78, 5) is 12.3. The van der Waals surface area contributed by atoms with Crippen molar-refractivity contribution >= 4 is 23.4 Å². The molecule has 2 aromatic carbocycles. The van der Waals surface area contributed by atoms with Crippen LogP contribution in [0.15, 0.2) is 41.6 Å². The lowest BCUT2D eigenvalue weighted by atomic mass is 10.1. The van der Waals surface area contributed by atoms with Gasteiger partial charge in [-0.15, -0.1) is 10.2 Å². The monoisotopic (exact) mass is 410 g/mol. The van der Waals surface area contributed by atoms with E-state index in [1.807, 2.05) is 75.7 Å². The number of rotatable bonds is 7. The summed E-state index contributed by atoms with van der Waals surface area (Å²) in [5.41, 5.74) is 5.25. The number of amides is 1. The van der Waals surface area contributed by atoms with E-state index in [-0.39, 0.29) is 11.7 Å². The number of hydrogen-bond donors (Lipinski definition) is 1. The van der Waals surface area contributed by atoms with Crippen molar-refractivity contribution in [2.75, 3.05) is 11.1 Å². The van der Waals surface area contributed by atoms with Crippen molar-refractivity contribution in [2.24, 2.45) is 7.05 Å². The number of aromatic nitrogens is 3. The van der Waals surface area contributed by atoms with E-state index in [1.165, 1.54) is 11.8 Å². The SMILES string of the molecule is Cc1cccc(NC(=O)CSc2nnc(COc3c(C)cccc3C)n2C)c1C. The number of anilines is 1. The Morgan fingerprint density at radius 3 is 2.41 bits per heavy atom. The molecule has 0 bridgehead atoms. The van der Waals surface area contributed by atoms with Crippen LogP contribution in [-0.2, 0) is 18.4 Å². The second kappa shape index (κ2) is 9.13. The molecule has 152 valence electrons. The average Bonchev–Trinajstić information content (AvgIpc) is 3.03. The number of ether oxygens (including phenoxy) is 1. The topological polar surface area (TPSA) is 69.0 Å². The van der Waals surface area contributed by atoms with Crippen molar-refractivity contribution in [1.82, 2.24) is 14.8 Å². The van der Waals surface area contributed by atoms with Gasteiger partial charge >= 0.3 is 0 Å². The standard InChI is InChI=1S/C22H26N4O2S/c1-14-8-7-11-18(17(14)4)23-20(27)13-29-22-25-24-19(26(22)5)12-28-21-15(2)9-6-10-16(21)3/h6-11H,12-13H2,1-5H3,(H,23,27). The van der Waals surface area contributed by atoms with Crippen LogP contribution in [0.2, 0.25) is 0 Å². The molecule has 0 spiro atoms. The molecule has 0 radical (unpaired) electrons. The summed E-state index contributed by atoms with van der Waals surface area (Å²) >= 11 is 1.36. The normalized spacial score (nSPS) is 10.8. The van der Waals surface area contributed by atoms with E-state index in [0.717, 1.165) is 33.7 Å². The first-order chi connectivity index (χ1) is 13.9. The summed E-state index contributed by atoms with van der Waals surface area (Å²) in [5.74, 6) is 1.78. The first kappa shape index (κ1) is 20.9. The van der Waals surface area contributed by atoms with Crippen LogP contribution in [0.5, 0.6) is 5.75 Å². The van der Waals surface area contributed by atoms with E-state index in [4.69, 9.17) is 4.74 Å². The number of benzene rings is 2. The largest absolute Gasteiger partial charge is 0.485 e. The van der Waals surface area contributed by atoms with Crippen LogP contribution in [0.1, 0.15) is 28.1 Å². The van der Waals surface area contributed by atoms with E-state index in [0.29, 0.717) is 17.6 Å². The van der Waals surface area contributed by atoms with E-state index in [2.05, 4.69) is 15.5 Å². The van der Waals surface area contributed by atoms with Crippen LogP contribution < -0.4 is 10.1 Å². The second-order valence-corrected chi connectivity index (χ2v) is 7.99. The number of thioether (sulfide) groups is 1. The maximum absolute atomic E-state index is 12.3. The van der Waals surface area contributed by atoms with Crippen molar-refractivity contribution in [2.45, 2.75) is 39.5 Å². The molecular formula is C22H26N4O2S. The van der Waals surface area contributed by atoms with Gasteiger partial charge in [0.25, 0.3) is 0 Å². The lowest BCUT2D eigenvalue weighted by Gasteiger charge is -2.12. The van der Waals surface area contributed by atoms with E-state index < -0.39 is 0 Å². The molecule has 0 atom stereocenters. The van der Waals surface area contributed by atoms with Gasteiger partial charge in [0.2, 0.25) is 5.91 Å². The first-order valence-electron chi connectivity index (χ1n) is 9.43. The highest BCUT2D eigenvalue weighted by Crippen LogP contribution is 2.24. The Hall–Kier alpha value is -2.80. The molecule has 7 heteroatoms. The first-order valence-corrected chi connectivity index (χ1v) is 10.4. The smallest absolute Gasteiger partial charge is 0.234 e. The van der Waals surface area contributed by atoms with Crippen molar-refractivity contribution < 1.29 is 9.53 Å². The molecule has 1 heterocycles. The third-order valence-corrected chi connectivity index (χ3v) is 5.91. The minimum absolute atomic E-state index is 0.0694. The predicted molar refractivity (Wildman–Crippen MR) is 117 cm³/mol. The molecule has 0 aliphatic rings. The second-order valence-electron chi connectivity index (χ2n) is 7.05. The van der Waals surface area contributed by atoms with Crippen LogP contribution in [-0.4, -0.2) is 26.4 Å². The van der Waals surface area contributed by atoms with Gasteiger partial charge in [-0.25, -0.2) is 0 Å². The summed E-state index contributed by atoms with van der Waals surface area (Å²) in [7, 11) is 1.88. The Balaban J connectivity index is 1.58. The van der Waals surface area contributed by atoms with Crippen LogP contribution in [0, 0.1) is 27.7 Å². The number of aryl methyl sites for hydroxylation is 3. The zero-order chi connectivity index (χ0) is 21.0. The van der Waals surface area contributed by atoms with Gasteiger partial charge in [-0.1, -0.05) is 42.1 Å². The van der Waals surface area contributed by atoms with Gasteiger partial charge < -0.3 is 14.6 Å².